The molecule has 128 valence electrons. The summed E-state index contributed by atoms with van der Waals surface area (Å²) >= 11 is 0. The summed E-state index contributed by atoms with van der Waals surface area (Å²) in [6.07, 6.45) is 6.30. The summed E-state index contributed by atoms with van der Waals surface area (Å²) in [6, 6.07) is 10.9. The summed E-state index contributed by atoms with van der Waals surface area (Å²) in [5.74, 6) is -0.253. The Bertz CT molecular complexity index is 686. The van der Waals surface area contributed by atoms with Gasteiger partial charge in [0.25, 0.3) is 0 Å². The molecule has 1 aliphatic rings. The lowest BCUT2D eigenvalue weighted by Gasteiger charge is -2.26. The van der Waals surface area contributed by atoms with Crippen LogP contribution in [-0.4, -0.2) is 7.11 Å². The third kappa shape index (κ3) is 3.61. The molecule has 0 N–H and O–H groups in total. The van der Waals surface area contributed by atoms with Crippen LogP contribution in [0.5, 0.6) is 5.75 Å². The number of ether oxygens (including phenoxy) is 1. The number of hydrogen-bond acceptors (Lipinski definition) is 1. The van der Waals surface area contributed by atoms with Crippen LogP contribution in [0.3, 0.4) is 0 Å². The van der Waals surface area contributed by atoms with Crippen LogP contribution < -0.4 is 4.74 Å². The maximum Gasteiger partial charge on any atom is 0.201 e. The highest BCUT2D eigenvalue weighted by molar-refractivity contribution is 5.65. The van der Waals surface area contributed by atoms with Gasteiger partial charge in [0.05, 0.1) is 7.11 Å². The molecular formula is C21H24F2O. The van der Waals surface area contributed by atoms with Gasteiger partial charge in [0, 0.05) is 5.56 Å². The van der Waals surface area contributed by atoms with Gasteiger partial charge in [-0.05, 0) is 54.4 Å². The van der Waals surface area contributed by atoms with Gasteiger partial charge in [0.15, 0.2) is 11.6 Å². The molecule has 0 unspecified atom stereocenters. The van der Waals surface area contributed by atoms with Crippen LogP contribution in [0.15, 0.2) is 36.4 Å². The lowest BCUT2D eigenvalue weighted by atomic mass is 9.80. The van der Waals surface area contributed by atoms with Crippen LogP contribution in [0, 0.1) is 23.5 Å². The summed E-state index contributed by atoms with van der Waals surface area (Å²) in [4.78, 5) is 0. The van der Waals surface area contributed by atoms with E-state index < -0.39 is 11.6 Å². The molecule has 3 heteroatoms. The van der Waals surface area contributed by atoms with E-state index in [0.717, 1.165) is 18.3 Å². The van der Waals surface area contributed by atoms with Gasteiger partial charge in [-0.2, -0.15) is 4.39 Å². The first-order chi connectivity index (χ1) is 11.6. The lowest BCUT2D eigenvalue weighted by Crippen LogP contribution is -2.14. The fourth-order valence-corrected chi connectivity index (χ4v) is 3.60. The Morgan fingerprint density at radius 3 is 2.21 bits per heavy atom. The first kappa shape index (κ1) is 16.9. The van der Waals surface area contributed by atoms with E-state index in [-0.39, 0.29) is 11.3 Å². The number of hydrogen-bond donors (Lipinski definition) is 0. The van der Waals surface area contributed by atoms with E-state index in [2.05, 4.69) is 6.92 Å². The van der Waals surface area contributed by atoms with E-state index in [4.69, 9.17) is 4.74 Å². The van der Waals surface area contributed by atoms with E-state index in [1.54, 1.807) is 6.07 Å². The average Bonchev–Trinajstić information content (AvgIpc) is 2.60. The van der Waals surface area contributed by atoms with E-state index >= 15 is 0 Å². The average molecular weight is 330 g/mol. The first-order valence-corrected chi connectivity index (χ1v) is 8.69. The fraction of sp³-hybridized carbons (Fsp3) is 0.429. The normalized spacial score (nSPS) is 20.8. The van der Waals surface area contributed by atoms with Crippen LogP contribution in [0.25, 0.3) is 11.1 Å². The maximum absolute atomic E-state index is 14.2. The van der Waals surface area contributed by atoms with Crippen LogP contribution in [0.2, 0.25) is 0 Å². The molecule has 1 saturated carbocycles. The number of methoxy groups -OCH3 is 1. The number of halogens is 2. The van der Waals surface area contributed by atoms with E-state index in [1.165, 1.54) is 44.4 Å². The zero-order valence-corrected chi connectivity index (χ0v) is 14.3. The predicted molar refractivity (Wildman–Crippen MR) is 93.2 cm³/mol. The number of rotatable bonds is 4. The quantitative estimate of drug-likeness (QED) is 0.667. The molecule has 0 spiro atoms. The molecule has 2 aromatic carbocycles. The smallest absolute Gasteiger partial charge is 0.201 e. The van der Waals surface area contributed by atoms with Crippen molar-refractivity contribution in [2.24, 2.45) is 11.8 Å². The Kier molecular flexibility index (Phi) is 5.17. The van der Waals surface area contributed by atoms with Crippen molar-refractivity contribution in [1.82, 2.24) is 0 Å². The van der Waals surface area contributed by atoms with Crippen LogP contribution in [0.1, 0.15) is 38.2 Å². The van der Waals surface area contributed by atoms with Crippen molar-refractivity contribution < 1.29 is 13.5 Å². The molecular weight excluding hydrogens is 306 g/mol. The van der Waals surface area contributed by atoms with Crippen molar-refractivity contribution in [3.05, 3.63) is 53.6 Å². The minimum absolute atomic E-state index is 0.0700. The minimum Gasteiger partial charge on any atom is -0.494 e. The van der Waals surface area contributed by atoms with Gasteiger partial charge in [0.1, 0.15) is 0 Å². The Morgan fingerprint density at radius 2 is 1.58 bits per heavy atom. The third-order valence-corrected chi connectivity index (χ3v) is 5.19. The fourth-order valence-electron chi connectivity index (χ4n) is 3.60. The highest BCUT2D eigenvalue weighted by Gasteiger charge is 2.19. The Hall–Kier alpha value is -1.90. The Morgan fingerprint density at radius 1 is 0.917 bits per heavy atom. The summed E-state index contributed by atoms with van der Waals surface area (Å²) in [5.41, 5.74) is 2.23. The highest BCUT2D eigenvalue weighted by atomic mass is 19.2. The van der Waals surface area contributed by atoms with Crippen LogP contribution >= 0.6 is 0 Å². The first-order valence-electron chi connectivity index (χ1n) is 8.69. The SMILES string of the molecule is COc1ccc(-c2ccc(CC3CCC(C)CC3)cc2)c(F)c1F. The van der Waals surface area contributed by atoms with Crippen molar-refractivity contribution >= 4 is 0 Å². The molecule has 0 atom stereocenters. The second kappa shape index (κ2) is 7.33. The molecule has 0 saturated heterocycles. The topological polar surface area (TPSA) is 9.23 Å². The van der Waals surface area contributed by atoms with Crippen molar-refractivity contribution in [3.8, 4) is 16.9 Å². The standard InChI is InChI=1S/C21H24F2O/c1-14-3-5-15(6-4-14)13-16-7-9-17(10-8-16)18-11-12-19(24-2)21(23)20(18)22/h7-12,14-15H,3-6,13H2,1-2H3. The highest BCUT2D eigenvalue weighted by Crippen LogP contribution is 2.32. The minimum atomic E-state index is -0.935. The largest absolute Gasteiger partial charge is 0.494 e. The summed E-state index contributed by atoms with van der Waals surface area (Å²) in [5, 5.41) is 0. The molecule has 0 heterocycles. The molecule has 1 nitrogen and oxygen atoms in total. The summed E-state index contributed by atoms with van der Waals surface area (Å²) in [6.45, 7) is 2.33. The molecule has 1 fully saturated rings. The van der Waals surface area contributed by atoms with E-state index in [0.29, 0.717) is 5.56 Å². The van der Waals surface area contributed by atoms with Crippen molar-refractivity contribution in [2.45, 2.75) is 39.0 Å². The summed E-state index contributed by atoms with van der Waals surface area (Å²) in [7, 11) is 1.33. The number of benzene rings is 2. The Balaban J connectivity index is 1.74. The third-order valence-electron chi connectivity index (χ3n) is 5.19. The molecule has 1 aliphatic carbocycles. The van der Waals surface area contributed by atoms with Crippen LogP contribution in [-0.2, 0) is 6.42 Å². The molecule has 0 bridgehead atoms. The molecule has 3 rings (SSSR count). The van der Waals surface area contributed by atoms with Gasteiger partial charge in [-0.25, -0.2) is 4.39 Å². The van der Waals surface area contributed by atoms with Gasteiger partial charge in [-0.1, -0.05) is 44.0 Å². The van der Waals surface area contributed by atoms with Crippen LogP contribution in [0.4, 0.5) is 8.78 Å². The monoisotopic (exact) mass is 330 g/mol. The van der Waals surface area contributed by atoms with Crippen molar-refractivity contribution in [1.29, 1.82) is 0 Å². The van der Waals surface area contributed by atoms with Gasteiger partial charge < -0.3 is 4.74 Å². The maximum atomic E-state index is 14.2. The molecule has 0 aliphatic heterocycles. The zero-order chi connectivity index (χ0) is 17.1. The predicted octanol–water partition coefficient (Wildman–Crippen LogP) is 6.01. The van der Waals surface area contributed by atoms with Gasteiger partial charge in [-0.15, -0.1) is 0 Å². The Labute approximate surface area is 142 Å². The zero-order valence-electron chi connectivity index (χ0n) is 14.3. The van der Waals surface area contributed by atoms with Gasteiger partial charge >= 0.3 is 0 Å². The second-order valence-corrected chi connectivity index (χ2v) is 6.97. The van der Waals surface area contributed by atoms with Gasteiger partial charge in [0.2, 0.25) is 5.82 Å². The summed E-state index contributed by atoms with van der Waals surface area (Å²) < 4.78 is 32.9. The van der Waals surface area contributed by atoms with Gasteiger partial charge in [-0.3, -0.25) is 0 Å². The van der Waals surface area contributed by atoms with Crippen molar-refractivity contribution in [3.63, 3.8) is 0 Å². The molecule has 24 heavy (non-hydrogen) atoms. The lowest BCUT2D eigenvalue weighted by molar-refractivity contribution is 0.289. The molecule has 0 radical (unpaired) electrons. The van der Waals surface area contributed by atoms with E-state index in [1.807, 2.05) is 24.3 Å². The molecule has 2 aromatic rings. The van der Waals surface area contributed by atoms with E-state index in [9.17, 15) is 8.78 Å². The molecule has 0 amide bonds. The second-order valence-electron chi connectivity index (χ2n) is 6.97. The van der Waals surface area contributed by atoms with Crippen molar-refractivity contribution in [2.75, 3.05) is 7.11 Å². The molecule has 0 aromatic heterocycles.